The Hall–Kier alpha value is -0.0400. The van der Waals surface area contributed by atoms with Gasteiger partial charge in [0.15, 0.2) is 0 Å². The van der Waals surface area contributed by atoms with E-state index in [0.29, 0.717) is 10.8 Å². The van der Waals surface area contributed by atoms with E-state index < -0.39 is 0 Å². The van der Waals surface area contributed by atoms with Gasteiger partial charge in [0.2, 0.25) is 0 Å². The molecule has 0 atom stereocenters. The van der Waals surface area contributed by atoms with Gasteiger partial charge in [-0.05, 0) is 36.6 Å². The van der Waals surface area contributed by atoms with Crippen molar-refractivity contribution in [3.05, 3.63) is 0 Å². The fourth-order valence-corrected chi connectivity index (χ4v) is 2.11. The molecule has 0 rings (SSSR count). The van der Waals surface area contributed by atoms with Crippen molar-refractivity contribution in [3.8, 4) is 0 Å². The average molecular weight is 241 g/mol. The van der Waals surface area contributed by atoms with Crippen molar-refractivity contribution in [2.45, 2.75) is 80.1 Å². The van der Waals surface area contributed by atoms with Gasteiger partial charge in [0.05, 0.1) is 0 Å². The zero-order valence-electron chi connectivity index (χ0n) is 13.2. The highest BCUT2D eigenvalue weighted by Crippen LogP contribution is 2.23. The Bertz CT molecular complexity index is 176. The monoisotopic (exact) mass is 241 g/mol. The maximum absolute atomic E-state index is 3.63. The summed E-state index contributed by atoms with van der Waals surface area (Å²) in [6.07, 6.45) is 8.06. The van der Waals surface area contributed by atoms with Crippen LogP contribution >= 0.6 is 0 Å². The Balaban J connectivity index is 3.51. The van der Waals surface area contributed by atoms with Crippen LogP contribution in [-0.2, 0) is 0 Å². The van der Waals surface area contributed by atoms with E-state index in [1.807, 2.05) is 0 Å². The molecule has 0 aromatic rings. The summed E-state index contributed by atoms with van der Waals surface area (Å²) in [6.45, 7) is 16.4. The van der Waals surface area contributed by atoms with E-state index in [2.05, 4.69) is 46.9 Å². The van der Waals surface area contributed by atoms with Gasteiger partial charge in [-0.2, -0.15) is 0 Å². The molecule has 0 aromatic carbocycles. The molecule has 0 unspecified atom stereocenters. The van der Waals surface area contributed by atoms with Crippen LogP contribution < -0.4 is 5.32 Å². The number of nitrogens with one attached hydrogen (secondary N) is 1. The molecular formula is C16H35N. The van der Waals surface area contributed by atoms with E-state index in [4.69, 9.17) is 0 Å². The molecule has 0 aromatic heterocycles. The molecule has 0 amide bonds. The Morgan fingerprint density at radius 1 is 0.824 bits per heavy atom. The minimum Gasteiger partial charge on any atom is -0.316 e. The molecule has 17 heavy (non-hydrogen) atoms. The molecule has 0 saturated carbocycles. The van der Waals surface area contributed by atoms with E-state index in [1.165, 1.54) is 51.6 Å². The summed E-state index contributed by atoms with van der Waals surface area (Å²) in [5, 5.41) is 3.63. The van der Waals surface area contributed by atoms with Gasteiger partial charge in [-0.25, -0.2) is 0 Å². The van der Waals surface area contributed by atoms with Gasteiger partial charge in [0, 0.05) is 6.54 Å². The fourth-order valence-electron chi connectivity index (χ4n) is 2.11. The van der Waals surface area contributed by atoms with E-state index in [1.54, 1.807) is 0 Å². The highest BCUT2D eigenvalue weighted by Gasteiger charge is 2.16. The third-order valence-corrected chi connectivity index (χ3v) is 3.34. The number of hydrogen-bond donors (Lipinski definition) is 1. The van der Waals surface area contributed by atoms with Crippen molar-refractivity contribution in [3.63, 3.8) is 0 Å². The van der Waals surface area contributed by atoms with E-state index >= 15 is 0 Å². The molecule has 0 aliphatic carbocycles. The Kier molecular flexibility index (Phi) is 8.11. The summed E-state index contributed by atoms with van der Waals surface area (Å²) < 4.78 is 0. The van der Waals surface area contributed by atoms with Crippen molar-refractivity contribution in [2.75, 3.05) is 13.1 Å². The van der Waals surface area contributed by atoms with Gasteiger partial charge in [0.25, 0.3) is 0 Å². The molecule has 0 saturated heterocycles. The predicted molar refractivity (Wildman–Crippen MR) is 79.5 cm³/mol. The lowest BCUT2D eigenvalue weighted by molar-refractivity contribution is 0.295. The molecule has 0 spiro atoms. The summed E-state index contributed by atoms with van der Waals surface area (Å²) in [5.41, 5.74) is 0.954. The summed E-state index contributed by atoms with van der Waals surface area (Å²) in [4.78, 5) is 0. The second kappa shape index (κ2) is 8.13. The molecule has 0 aliphatic rings. The summed E-state index contributed by atoms with van der Waals surface area (Å²) in [6, 6.07) is 0. The zero-order valence-corrected chi connectivity index (χ0v) is 13.2. The maximum atomic E-state index is 3.63. The van der Waals surface area contributed by atoms with Crippen LogP contribution in [0.15, 0.2) is 0 Å². The molecule has 0 fully saturated rings. The van der Waals surface area contributed by atoms with E-state index in [0.717, 1.165) is 0 Å². The molecule has 1 N–H and O–H groups in total. The normalized spacial score (nSPS) is 13.1. The molecule has 0 heterocycles. The van der Waals surface area contributed by atoms with Crippen LogP contribution in [0.5, 0.6) is 0 Å². The van der Waals surface area contributed by atoms with Crippen LogP contribution in [0.1, 0.15) is 80.1 Å². The Labute approximate surface area is 110 Å². The number of hydrogen-bond acceptors (Lipinski definition) is 1. The second-order valence-electron chi connectivity index (χ2n) is 7.46. The van der Waals surface area contributed by atoms with E-state index in [9.17, 15) is 0 Å². The largest absolute Gasteiger partial charge is 0.316 e. The minimum atomic E-state index is 0.469. The SMILES string of the molecule is CCCCCC(C)(C)CNCCCC(C)(C)C. The molecule has 0 radical (unpaired) electrons. The summed E-state index contributed by atoms with van der Waals surface area (Å²) in [5.74, 6) is 0. The van der Waals surface area contributed by atoms with Crippen LogP contribution in [0.2, 0.25) is 0 Å². The van der Waals surface area contributed by atoms with Gasteiger partial charge in [-0.3, -0.25) is 0 Å². The summed E-state index contributed by atoms with van der Waals surface area (Å²) >= 11 is 0. The van der Waals surface area contributed by atoms with Gasteiger partial charge in [-0.1, -0.05) is 60.8 Å². The topological polar surface area (TPSA) is 12.0 Å². The quantitative estimate of drug-likeness (QED) is 0.560. The minimum absolute atomic E-state index is 0.469. The van der Waals surface area contributed by atoms with Crippen LogP contribution in [0.4, 0.5) is 0 Å². The van der Waals surface area contributed by atoms with Crippen LogP contribution in [0.25, 0.3) is 0 Å². The first-order valence-electron chi connectivity index (χ1n) is 7.47. The molecule has 1 nitrogen and oxygen atoms in total. The van der Waals surface area contributed by atoms with Crippen molar-refractivity contribution < 1.29 is 0 Å². The number of unbranched alkanes of at least 4 members (excludes halogenated alkanes) is 2. The predicted octanol–water partition coefficient (Wildman–Crippen LogP) is 5.01. The number of rotatable bonds is 9. The molecule has 0 aliphatic heterocycles. The van der Waals surface area contributed by atoms with Crippen LogP contribution in [-0.4, -0.2) is 13.1 Å². The van der Waals surface area contributed by atoms with Crippen LogP contribution in [0, 0.1) is 10.8 Å². The highest BCUT2D eigenvalue weighted by atomic mass is 14.9. The third kappa shape index (κ3) is 12.2. The van der Waals surface area contributed by atoms with Gasteiger partial charge in [0.1, 0.15) is 0 Å². The smallest absolute Gasteiger partial charge is 0.000252 e. The first-order chi connectivity index (χ1) is 7.77. The first kappa shape index (κ1) is 17.0. The van der Waals surface area contributed by atoms with Crippen molar-refractivity contribution >= 4 is 0 Å². The fraction of sp³-hybridized carbons (Fsp3) is 1.00. The first-order valence-corrected chi connectivity index (χ1v) is 7.47. The lowest BCUT2D eigenvalue weighted by Crippen LogP contribution is -2.30. The molecule has 0 bridgehead atoms. The Morgan fingerprint density at radius 2 is 1.47 bits per heavy atom. The van der Waals surface area contributed by atoms with Gasteiger partial charge in [-0.15, -0.1) is 0 Å². The van der Waals surface area contributed by atoms with Crippen LogP contribution in [0.3, 0.4) is 0 Å². The van der Waals surface area contributed by atoms with E-state index in [-0.39, 0.29) is 0 Å². The molecular weight excluding hydrogens is 206 g/mol. The van der Waals surface area contributed by atoms with Gasteiger partial charge < -0.3 is 5.32 Å². The second-order valence-corrected chi connectivity index (χ2v) is 7.46. The molecule has 104 valence electrons. The average Bonchev–Trinajstić information content (AvgIpc) is 2.15. The lowest BCUT2D eigenvalue weighted by Gasteiger charge is -2.25. The lowest BCUT2D eigenvalue weighted by atomic mass is 9.86. The summed E-state index contributed by atoms with van der Waals surface area (Å²) in [7, 11) is 0. The Morgan fingerprint density at radius 3 is 2.00 bits per heavy atom. The third-order valence-electron chi connectivity index (χ3n) is 3.34. The van der Waals surface area contributed by atoms with Gasteiger partial charge >= 0.3 is 0 Å². The molecule has 1 heteroatoms. The zero-order chi connectivity index (χ0) is 13.4. The highest BCUT2D eigenvalue weighted by molar-refractivity contribution is 4.72. The van der Waals surface area contributed by atoms with Crippen molar-refractivity contribution in [2.24, 2.45) is 10.8 Å². The van der Waals surface area contributed by atoms with Crippen molar-refractivity contribution in [1.82, 2.24) is 5.32 Å². The standard InChI is InChI=1S/C16H35N/c1-7-8-9-12-16(5,6)14-17-13-10-11-15(2,3)4/h17H,7-14H2,1-6H3. The maximum Gasteiger partial charge on any atom is 0.000252 e. The van der Waals surface area contributed by atoms with Crippen molar-refractivity contribution in [1.29, 1.82) is 0 Å².